The topological polar surface area (TPSA) is 95.6 Å². The molecule has 0 unspecified atom stereocenters. The van der Waals surface area contributed by atoms with Crippen LogP contribution < -0.4 is 10.6 Å². The first kappa shape index (κ1) is 11.1. The van der Waals surface area contributed by atoms with Crippen molar-refractivity contribution in [3.05, 3.63) is 36.2 Å². The van der Waals surface area contributed by atoms with Crippen LogP contribution in [-0.4, -0.2) is 33.1 Å². The van der Waals surface area contributed by atoms with Gasteiger partial charge in [0.1, 0.15) is 17.8 Å². The number of carbonyl (C=O) groups excluding carboxylic acids is 1. The summed E-state index contributed by atoms with van der Waals surface area (Å²) in [6, 6.07) is 3.44. The fraction of sp³-hybridized carbons (Fsp3) is 0.200. The molecule has 2 heterocycles. The number of pyridine rings is 1. The molecular weight excluding hydrogens is 220 g/mol. The molecule has 0 aliphatic rings. The van der Waals surface area contributed by atoms with Crippen LogP contribution in [0.3, 0.4) is 0 Å². The van der Waals surface area contributed by atoms with E-state index in [1.54, 1.807) is 25.4 Å². The Morgan fingerprint density at radius 2 is 2.29 bits per heavy atom. The first-order chi connectivity index (χ1) is 8.29. The molecule has 0 aliphatic heterocycles. The smallest absolute Gasteiger partial charge is 0.270 e. The number of hydrogen-bond donors (Lipinski definition) is 3. The highest BCUT2D eigenvalue weighted by atomic mass is 16.1. The summed E-state index contributed by atoms with van der Waals surface area (Å²) in [5, 5.41) is 12.0. The van der Waals surface area contributed by atoms with E-state index in [1.807, 2.05) is 0 Å². The van der Waals surface area contributed by atoms with Gasteiger partial charge in [0.25, 0.3) is 5.91 Å². The molecule has 2 aromatic heterocycles. The van der Waals surface area contributed by atoms with Gasteiger partial charge in [0.05, 0.1) is 18.4 Å². The lowest BCUT2D eigenvalue weighted by atomic mass is 10.3. The van der Waals surface area contributed by atoms with Crippen LogP contribution in [0.15, 0.2) is 24.7 Å². The van der Waals surface area contributed by atoms with Gasteiger partial charge in [0.2, 0.25) is 0 Å². The number of amides is 1. The predicted octanol–water partition coefficient (Wildman–Crippen LogP) is 0.171. The van der Waals surface area contributed by atoms with E-state index in [4.69, 9.17) is 0 Å². The third-order valence-electron chi connectivity index (χ3n) is 2.17. The second kappa shape index (κ2) is 5.06. The molecule has 3 N–H and O–H groups in total. The quantitative estimate of drug-likeness (QED) is 0.698. The minimum Gasteiger partial charge on any atom is -0.387 e. The number of nitrogens with one attached hydrogen (secondary N) is 3. The van der Waals surface area contributed by atoms with Crippen LogP contribution in [0.25, 0.3) is 0 Å². The minimum absolute atomic E-state index is 0.246. The summed E-state index contributed by atoms with van der Waals surface area (Å²) < 4.78 is 0. The molecule has 0 spiro atoms. The predicted molar refractivity (Wildman–Crippen MR) is 61.3 cm³/mol. The van der Waals surface area contributed by atoms with Gasteiger partial charge in [-0.3, -0.25) is 9.89 Å². The zero-order valence-electron chi connectivity index (χ0n) is 9.27. The maximum Gasteiger partial charge on any atom is 0.270 e. The first-order valence-corrected chi connectivity index (χ1v) is 5.06. The molecular formula is C10H12N6O. The number of aromatic nitrogens is 4. The monoisotopic (exact) mass is 232 g/mol. The number of rotatable bonds is 4. The Morgan fingerprint density at radius 3 is 2.88 bits per heavy atom. The molecule has 1 amide bonds. The largest absolute Gasteiger partial charge is 0.387 e. The van der Waals surface area contributed by atoms with Gasteiger partial charge in [-0.25, -0.2) is 9.97 Å². The molecule has 0 saturated heterocycles. The van der Waals surface area contributed by atoms with E-state index in [0.717, 1.165) is 5.69 Å². The van der Waals surface area contributed by atoms with Crippen LogP contribution in [0.4, 0.5) is 5.69 Å². The van der Waals surface area contributed by atoms with Crippen molar-refractivity contribution in [2.45, 2.75) is 6.54 Å². The molecule has 2 aromatic rings. The van der Waals surface area contributed by atoms with E-state index in [0.29, 0.717) is 18.1 Å². The Morgan fingerprint density at radius 1 is 1.41 bits per heavy atom. The lowest BCUT2D eigenvalue weighted by Crippen LogP contribution is -2.24. The van der Waals surface area contributed by atoms with Gasteiger partial charge in [-0.05, 0) is 12.1 Å². The maximum absolute atomic E-state index is 11.7. The van der Waals surface area contributed by atoms with Crippen molar-refractivity contribution in [2.24, 2.45) is 0 Å². The number of H-pyrrole nitrogens is 1. The highest BCUT2D eigenvalue weighted by Gasteiger charge is 2.07. The molecule has 0 fully saturated rings. The normalized spacial score (nSPS) is 9.94. The van der Waals surface area contributed by atoms with Crippen molar-refractivity contribution in [3.8, 4) is 0 Å². The maximum atomic E-state index is 11.7. The summed E-state index contributed by atoms with van der Waals surface area (Å²) in [4.78, 5) is 19.6. The Kier molecular flexibility index (Phi) is 3.29. The third kappa shape index (κ3) is 2.77. The summed E-state index contributed by atoms with van der Waals surface area (Å²) >= 11 is 0. The summed E-state index contributed by atoms with van der Waals surface area (Å²) in [7, 11) is 1.79. The average Bonchev–Trinajstić information content (AvgIpc) is 2.89. The molecule has 0 bridgehead atoms. The lowest BCUT2D eigenvalue weighted by molar-refractivity contribution is 0.0945. The van der Waals surface area contributed by atoms with E-state index < -0.39 is 0 Å². The number of aromatic amines is 1. The van der Waals surface area contributed by atoms with Gasteiger partial charge in [0.15, 0.2) is 0 Å². The molecule has 17 heavy (non-hydrogen) atoms. The summed E-state index contributed by atoms with van der Waals surface area (Å²) in [5.41, 5.74) is 1.22. The standard InChI is InChI=1S/C10H12N6O/c1-11-7-2-3-8(12-4-7)10(17)13-5-9-14-6-15-16-9/h2-4,6,11H,5H2,1H3,(H,13,17)(H,14,15,16). The van der Waals surface area contributed by atoms with Crippen molar-refractivity contribution < 1.29 is 4.79 Å². The van der Waals surface area contributed by atoms with Gasteiger partial charge < -0.3 is 10.6 Å². The fourth-order valence-electron chi connectivity index (χ4n) is 1.25. The lowest BCUT2D eigenvalue weighted by Gasteiger charge is -2.03. The van der Waals surface area contributed by atoms with Gasteiger partial charge in [0, 0.05) is 7.05 Å². The van der Waals surface area contributed by atoms with Gasteiger partial charge in [-0.1, -0.05) is 0 Å². The van der Waals surface area contributed by atoms with Crippen molar-refractivity contribution in [1.29, 1.82) is 0 Å². The van der Waals surface area contributed by atoms with E-state index in [1.165, 1.54) is 6.33 Å². The van der Waals surface area contributed by atoms with Crippen molar-refractivity contribution in [1.82, 2.24) is 25.5 Å². The molecule has 2 rings (SSSR count). The third-order valence-corrected chi connectivity index (χ3v) is 2.17. The summed E-state index contributed by atoms with van der Waals surface area (Å²) in [5.74, 6) is 0.356. The van der Waals surface area contributed by atoms with Gasteiger partial charge in [-0.15, -0.1) is 0 Å². The molecule has 7 nitrogen and oxygen atoms in total. The molecule has 88 valence electrons. The Balaban J connectivity index is 1.95. The van der Waals surface area contributed by atoms with Crippen LogP contribution in [0.1, 0.15) is 16.3 Å². The van der Waals surface area contributed by atoms with Gasteiger partial charge in [-0.2, -0.15) is 5.10 Å². The second-order valence-electron chi connectivity index (χ2n) is 3.30. The van der Waals surface area contributed by atoms with Crippen LogP contribution in [0.2, 0.25) is 0 Å². The Labute approximate surface area is 97.7 Å². The fourth-order valence-corrected chi connectivity index (χ4v) is 1.25. The van der Waals surface area contributed by atoms with E-state index in [9.17, 15) is 4.79 Å². The SMILES string of the molecule is CNc1ccc(C(=O)NCc2ncn[nH]2)nc1. The molecule has 7 heteroatoms. The number of anilines is 1. The van der Waals surface area contributed by atoms with Gasteiger partial charge >= 0.3 is 0 Å². The number of hydrogen-bond acceptors (Lipinski definition) is 5. The van der Waals surface area contributed by atoms with Crippen molar-refractivity contribution in [3.63, 3.8) is 0 Å². The van der Waals surface area contributed by atoms with E-state index in [2.05, 4.69) is 30.8 Å². The highest BCUT2D eigenvalue weighted by molar-refractivity contribution is 5.92. The zero-order valence-corrected chi connectivity index (χ0v) is 9.27. The zero-order chi connectivity index (χ0) is 12.1. The van der Waals surface area contributed by atoms with Crippen LogP contribution in [-0.2, 0) is 6.54 Å². The van der Waals surface area contributed by atoms with Crippen LogP contribution in [0, 0.1) is 0 Å². The van der Waals surface area contributed by atoms with Crippen LogP contribution >= 0.6 is 0 Å². The summed E-state index contributed by atoms with van der Waals surface area (Å²) in [6.45, 7) is 0.300. The highest BCUT2D eigenvalue weighted by Crippen LogP contribution is 2.04. The molecule has 0 atom stereocenters. The first-order valence-electron chi connectivity index (χ1n) is 5.06. The molecule has 0 aliphatic carbocycles. The number of carbonyl (C=O) groups is 1. The minimum atomic E-state index is -0.246. The van der Waals surface area contributed by atoms with Crippen molar-refractivity contribution >= 4 is 11.6 Å². The van der Waals surface area contributed by atoms with E-state index >= 15 is 0 Å². The molecule has 0 radical (unpaired) electrons. The number of nitrogens with zero attached hydrogens (tertiary/aromatic N) is 3. The second-order valence-corrected chi connectivity index (χ2v) is 3.30. The van der Waals surface area contributed by atoms with Crippen LogP contribution in [0.5, 0.6) is 0 Å². The summed E-state index contributed by atoms with van der Waals surface area (Å²) in [6.07, 6.45) is 2.99. The Hall–Kier alpha value is -2.44. The Bertz CT molecular complexity index is 478. The molecule has 0 saturated carbocycles. The average molecular weight is 232 g/mol. The van der Waals surface area contributed by atoms with Crippen molar-refractivity contribution in [2.75, 3.05) is 12.4 Å². The molecule has 0 aromatic carbocycles. The van der Waals surface area contributed by atoms with E-state index in [-0.39, 0.29) is 5.91 Å².